The molecule has 0 spiro atoms. The molecule has 0 saturated heterocycles. The zero-order valence-corrected chi connectivity index (χ0v) is 14.2. The van der Waals surface area contributed by atoms with Gasteiger partial charge < -0.3 is 10.6 Å². The van der Waals surface area contributed by atoms with Gasteiger partial charge in [-0.1, -0.05) is 61.9 Å². The third kappa shape index (κ3) is 6.14. The van der Waals surface area contributed by atoms with Gasteiger partial charge in [0.25, 0.3) is 0 Å². The Balaban J connectivity index is 1.63. The van der Waals surface area contributed by atoms with E-state index in [9.17, 15) is 4.79 Å². The van der Waals surface area contributed by atoms with E-state index < -0.39 is 0 Å². The molecule has 0 atom stereocenters. The van der Waals surface area contributed by atoms with Crippen LogP contribution in [0.2, 0.25) is 0 Å². The highest BCUT2D eigenvalue weighted by molar-refractivity contribution is 7.80. The van der Waals surface area contributed by atoms with E-state index in [0.29, 0.717) is 18.1 Å². The Hall–Kier alpha value is -1.42. The van der Waals surface area contributed by atoms with Crippen molar-refractivity contribution in [3.63, 3.8) is 0 Å². The van der Waals surface area contributed by atoms with Gasteiger partial charge in [-0.2, -0.15) is 0 Å². The average molecular weight is 318 g/mol. The van der Waals surface area contributed by atoms with Crippen molar-refractivity contribution in [3.8, 4) is 0 Å². The van der Waals surface area contributed by atoms with E-state index in [1.165, 1.54) is 37.7 Å². The minimum atomic E-state index is 0.0342. The molecule has 1 aliphatic carbocycles. The zero-order valence-electron chi connectivity index (χ0n) is 13.4. The molecule has 0 radical (unpaired) electrons. The van der Waals surface area contributed by atoms with E-state index in [4.69, 9.17) is 12.2 Å². The van der Waals surface area contributed by atoms with Crippen molar-refractivity contribution in [3.05, 3.63) is 35.4 Å². The van der Waals surface area contributed by atoms with Crippen molar-refractivity contribution in [2.24, 2.45) is 5.92 Å². The Labute approximate surface area is 138 Å². The quantitative estimate of drug-likeness (QED) is 0.810. The SMILES string of the molecule is Cc1ccc(CNC(=S)NC(=O)CCC2CCCCC2)cc1. The van der Waals surface area contributed by atoms with Gasteiger partial charge in [0.2, 0.25) is 5.91 Å². The van der Waals surface area contributed by atoms with Gasteiger partial charge in [0.1, 0.15) is 0 Å². The van der Waals surface area contributed by atoms with Crippen LogP contribution in [0.1, 0.15) is 56.1 Å². The van der Waals surface area contributed by atoms with Crippen molar-refractivity contribution in [2.75, 3.05) is 0 Å². The zero-order chi connectivity index (χ0) is 15.8. The molecule has 0 aromatic heterocycles. The summed E-state index contributed by atoms with van der Waals surface area (Å²) >= 11 is 5.18. The van der Waals surface area contributed by atoms with Crippen LogP contribution in [-0.4, -0.2) is 11.0 Å². The Morgan fingerprint density at radius 3 is 2.55 bits per heavy atom. The maximum atomic E-state index is 11.9. The van der Waals surface area contributed by atoms with Crippen molar-refractivity contribution >= 4 is 23.2 Å². The number of benzene rings is 1. The van der Waals surface area contributed by atoms with Crippen molar-refractivity contribution < 1.29 is 4.79 Å². The molecule has 2 N–H and O–H groups in total. The molecular formula is C18H26N2OS. The monoisotopic (exact) mass is 318 g/mol. The molecular weight excluding hydrogens is 292 g/mol. The summed E-state index contributed by atoms with van der Waals surface area (Å²) in [6, 6.07) is 8.28. The number of hydrogen-bond acceptors (Lipinski definition) is 2. The number of carbonyl (C=O) groups excluding carboxylic acids is 1. The van der Waals surface area contributed by atoms with Crippen molar-refractivity contribution in [1.29, 1.82) is 0 Å². The van der Waals surface area contributed by atoms with E-state index in [1.807, 2.05) is 0 Å². The average Bonchev–Trinajstić information content (AvgIpc) is 2.53. The van der Waals surface area contributed by atoms with Crippen LogP contribution >= 0.6 is 12.2 Å². The lowest BCUT2D eigenvalue weighted by Crippen LogP contribution is -2.38. The molecule has 4 heteroatoms. The molecule has 1 aromatic carbocycles. The van der Waals surface area contributed by atoms with Crippen LogP contribution in [0.15, 0.2) is 24.3 Å². The van der Waals surface area contributed by atoms with Gasteiger partial charge in [-0.15, -0.1) is 0 Å². The molecule has 22 heavy (non-hydrogen) atoms. The lowest BCUT2D eigenvalue weighted by atomic mass is 9.86. The third-order valence-corrected chi connectivity index (χ3v) is 4.58. The Morgan fingerprint density at radius 2 is 1.86 bits per heavy atom. The Bertz CT molecular complexity index is 492. The van der Waals surface area contributed by atoms with Gasteiger partial charge in [-0.05, 0) is 37.0 Å². The van der Waals surface area contributed by atoms with Gasteiger partial charge in [0, 0.05) is 13.0 Å². The molecule has 0 heterocycles. The molecule has 120 valence electrons. The first-order valence-electron chi connectivity index (χ1n) is 8.27. The first kappa shape index (κ1) is 16.9. The van der Waals surface area contributed by atoms with E-state index in [-0.39, 0.29) is 5.91 Å². The van der Waals surface area contributed by atoms with Crippen LogP contribution in [0.25, 0.3) is 0 Å². The fraction of sp³-hybridized carbons (Fsp3) is 0.556. The second-order valence-electron chi connectivity index (χ2n) is 6.26. The topological polar surface area (TPSA) is 41.1 Å². The summed E-state index contributed by atoms with van der Waals surface area (Å²) in [6.07, 6.45) is 8.14. The van der Waals surface area contributed by atoms with E-state index in [2.05, 4.69) is 41.8 Å². The van der Waals surface area contributed by atoms with Gasteiger partial charge in [-0.25, -0.2) is 0 Å². The minimum absolute atomic E-state index is 0.0342. The van der Waals surface area contributed by atoms with Crippen LogP contribution in [0.3, 0.4) is 0 Å². The standard InChI is InChI=1S/C18H26N2OS/c1-14-7-9-16(10-8-14)13-19-18(22)20-17(21)12-11-15-5-3-2-4-6-15/h7-10,15H,2-6,11-13H2,1H3,(H2,19,20,21,22). The number of thiocarbonyl (C=S) groups is 1. The van der Waals surface area contributed by atoms with E-state index >= 15 is 0 Å². The molecule has 1 aliphatic rings. The second-order valence-corrected chi connectivity index (χ2v) is 6.67. The number of amides is 1. The fourth-order valence-electron chi connectivity index (χ4n) is 2.93. The molecule has 0 aliphatic heterocycles. The van der Waals surface area contributed by atoms with Crippen LogP contribution in [0.5, 0.6) is 0 Å². The molecule has 1 amide bonds. The van der Waals surface area contributed by atoms with Crippen LogP contribution in [0.4, 0.5) is 0 Å². The predicted octanol–water partition coefficient (Wildman–Crippen LogP) is 3.85. The highest BCUT2D eigenvalue weighted by atomic mass is 32.1. The van der Waals surface area contributed by atoms with Crippen LogP contribution in [0, 0.1) is 12.8 Å². The first-order valence-corrected chi connectivity index (χ1v) is 8.67. The normalized spacial score (nSPS) is 15.3. The lowest BCUT2D eigenvalue weighted by Gasteiger charge is -2.21. The van der Waals surface area contributed by atoms with E-state index in [0.717, 1.165) is 17.9 Å². The molecule has 1 fully saturated rings. The summed E-state index contributed by atoms with van der Waals surface area (Å²) in [5, 5.41) is 6.29. The maximum absolute atomic E-state index is 11.9. The number of nitrogens with one attached hydrogen (secondary N) is 2. The summed E-state index contributed by atoms with van der Waals surface area (Å²) in [5.41, 5.74) is 2.40. The summed E-state index contributed by atoms with van der Waals surface area (Å²) in [7, 11) is 0. The molecule has 0 bridgehead atoms. The maximum Gasteiger partial charge on any atom is 0.226 e. The predicted molar refractivity (Wildman–Crippen MR) is 94.6 cm³/mol. The van der Waals surface area contributed by atoms with Crippen molar-refractivity contribution in [1.82, 2.24) is 10.6 Å². The number of carbonyl (C=O) groups is 1. The second kappa shape index (κ2) is 8.89. The highest BCUT2D eigenvalue weighted by Gasteiger charge is 2.15. The third-order valence-electron chi connectivity index (χ3n) is 4.33. The molecule has 3 nitrogen and oxygen atoms in total. The largest absolute Gasteiger partial charge is 0.358 e. The lowest BCUT2D eigenvalue weighted by molar-refractivity contribution is -0.120. The number of hydrogen-bond donors (Lipinski definition) is 2. The molecule has 1 aromatic rings. The fourth-order valence-corrected chi connectivity index (χ4v) is 3.12. The van der Waals surface area contributed by atoms with Gasteiger partial charge in [0.05, 0.1) is 0 Å². The smallest absolute Gasteiger partial charge is 0.226 e. The van der Waals surface area contributed by atoms with Gasteiger partial charge in [0.15, 0.2) is 5.11 Å². The van der Waals surface area contributed by atoms with E-state index in [1.54, 1.807) is 0 Å². The van der Waals surface area contributed by atoms with Crippen LogP contribution < -0.4 is 10.6 Å². The van der Waals surface area contributed by atoms with Crippen molar-refractivity contribution in [2.45, 2.75) is 58.4 Å². The van der Waals surface area contributed by atoms with Crippen LogP contribution in [-0.2, 0) is 11.3 Å². The highest BCUT2D eigenvalue weighted by Crippen LogP contribution is 2.27. The molecule has 1 saturated carbocycles. The summed E-state index contributed by atoms with van der Waals surface area (Å²) in [6.45, 7) is 2.70. The summed E-state index contributed by atoms with van der Waals surface area (Å²) < 4.78 is 0. The Morgan fingerprint density at radius 1 is 1.18 bits per heavy atom. The Kier molecular flexibility index (Phi) is 6.84. The summed E-state index contributed by atoms with van der Waals surface area (Å²) in [4.78, 5) is 11.9. The molecule has 2 rings (SSSR count). The number of rotatable bonds is 5. The number of aryl methyl sites for hydroxylation is 1. The summed E-state index contributed by atoms with van der Waals surface area (Å²) in [5.74, 6) is 0.764. The minimum Gasteiger partial charge on any atom is -0.358 e. The van der Waals surface area contributed by atoms with Gasteiger partial charge in [-0.3, -0.25) is 4.79 Å². The first-order chi connectivity index (χ1) is 10.6. The molecule has 0 unspecified atom stereocenters. The van der Waals surface area contributed by atoms with Gasteiger partial charge >= 0.3 is 0 Å².